The molecule has 0 bridgehead atoms. The molecular formula is C12H12FNO5. The first-order valence-corrected chi connectivity index (χ1v) is 5.33. The van der Waals surface area contributed by atoms with Gasteiger partial charge in [0.1, 0.15) is 11.9 Å². The van der Waals surface area contributed by atoms with Gasteiger partial charge in [0.2, 0.25) is 0 Å². The first-order chi connectivity index (χ1) is 8.81. The molecule has 1 rings (SSSR count). The molecule has 0 aliphatic heterocycles. The Bertz CT molecular complexity index is 529. The molecule has 1 aromatic carbocycles. The van der Waals surface area contributed by atoms with Crippen LogP contribution in [-0.2, 0) is 9.59 Å². The third-order valence-electron chi connectivity index (χ3n) is 2.42. The van der Waals surface area contributed by atoms with Crippen LogP contribution in [0.4, 0.5) is 4.39 Å². The van der Waals surface area contributed by atoms with Gasteiger partial charge in [-0.15, -0.1) is 0 Å². The Balaban J connectivity index is 2.87. The second kappa shape index (κ2) is 5.94. The lowest BCUT2D eigenvalue weighted by Crippen LogP contribution is -2.42. The van der Waals surface area contributed by atoms with Gasteiger partial charge in [-0.05, 0) is 30.7 Å². The standard InChI is InChI=1S/C12H12FNO5/c1-6-4-7(13)2-3-8(6)11(17)14-9(12(18)19)5-10(15)16/h2-4,9H,5H2,1H3,(H,14,17)(H,15,16)(H,18,19). The monoisotopic (exact) mass is 269 g/mol. The molecule has 102 valence electrons. The summed E-state index contributed by atoms with van der Waals surface area (Å²) in [5.41, 5.74) is 0.426. The van der Waals surface area contributed by atoms with E-state index in [9.17, 15) is 18.8 Å². The summed E-state index contributed by atoms with van der Waals surface area (Å²) in [4.78, 5) is 33.1. The van der Waals surface area contributed by atoms with Crippen LogP contribution in [-0.4, -0.2) is 34.1 Å². The minimum atomic E-state index is -1.53. The molecule has 0 aliphatic carbocycles. The highest BCUT2D eigenvalue weighted by Gasteiger charge is 2.24. The zero-order chi connectivity index (χ0) is 14.6. The van der Waals surface area contributed by atoms with E-state index in [4.69, 9.17) is 10.2 Å². The quantitative estimate of drug-likeness (QED) is 0.733. The first kappa shape index (κ1) is 14.6. The van der Waals surface area contributed by atoms with Crippen molar-refractivity contribution in [3.05, 3.63) is 35.1 Å². The average molecular weight is 269 g/mol. The van der Waals surface area contributed by atoms with Crippen molar-refractivity contribution in [1.29, 1.82) is 0 Å². The molecule has 3 N–H and O–H groups in total. The van der Waals surface area contributed by atoms with Gasteiger partial charge in [-0.1, -0.05) is 0 Å². The zero-order valence-electron chi connectivity index (χ0n) is 10.0. The third-order valence-corrected chi connectivity index (χ3v) is 2.42. The average Bonchev–Trinajstić information content (AvgIpc) is 2.26. The fourth-order valence-corrected chi connectivity index (χ4v) is 1.49. The topological polar surface area (TPSA) is 104 Å². The van der Waals surface area contributed by atoms with Gasteiger partial charge in [0.15, 0.2) is 0 Å². The summed E-state index contributed by atoms with van der Waals surface area (Å²) >= 11 is 0. The van der Waals surface area contributed by atoms with Gasteiger partial charge in [0.25, 0.3) is 5.91 Å². The van der Waals surface area contributed by atoms with E-state index in [1.807, 2.05) is 0 Å². The van der Waals surface area contributed by atoms with E-state index in [0.717, 1.165) is 12.1 Å². The number of carboxylic acid groups (broad SMARTS) is 2. The highest BCUT2D eigenvalue weighted by molar-refractivity contribution is 5.98. The van der Waals surface area contributed by atoms with E-state index in [-0.39, 0.29) is 5.56 Å². The summed E-state index contributed by atoms with van der Waals surface area (Å²) < 4.78 is 12.9. The SMILES string of the molecule is Cc1cc(F)ccc1C(=O)NC(CC(=O)O)C(=O)O. The van der Waals surface area contributed by atoms with Crippen molar-refractivity contribution in [2.75, 3.05) is 0 Å². The molecule has 7 heteroatoms. The molecule has 1 atom stereocenters. The number of aryl methyl sites for hydroxylation is 1. The molecule has 1 aromatic rings. The number of nitrogens with one attached hydrogen (secondary N) is 1. The minimum absolute atomic E-state index is 0.0954. The van der Waals surface area contributed by atoms with Crippen LogP contribution in [0.25, 0.3) is 0 Å². The number of rotatable bonds is 5. The molecular weight excluding hydrogens is 257 g/mol. The second-order valence-corrected chi connectivity index (χ2v) is 3.92. The molecule has 0 saturated heterocycles. The molecule has 1 unspecified atom stereocenters. The Kier molecular flexibility index (Phi) is 4.57. The summed E-state index contributed by atoms with van der Waals surface area (Å²) in [6, 6.07) is 1.87. The Labute approximate surface area is 107 Å². The molecule has 0 saturated carbocycles. The lowest BCUT2D eigenvalue weighted by Gasteiger charge is -2.13. The van der Waals surface area contributed by atoms with Gasteiger partial charge < -0.3 is 15.5 Å². The van der Waals surface area contributed by atoms with Gasteiger partial charge in [-0.25, -0.2) is 9.18 Å². The van der Waals surface area contributed by atoms with Crippen LogP contribution < -0.4 is 5.32 Å². The molecule has 0 aromatic heterocycles. The van der Waals surface area contributed by atoms with Crippen molar-refractivity contribution in [2.24, 2.45) is 0 Å². The van der Waals surface area contributed by atoms with E-state index >= 15 is 0 Å². The van der Waals surface area contributed by atoms with Gasteiger partial charge in [-0.2, -0.15) is 0 Å². The summed E-state index contributed by atoms with van der Waals surface area (Å²) in [5.74, 6) is -4.07. The fraction of sp³-hybridized carbons (Fsp3) is 0.250. The van der Waals surface area contributed by atoms with Gasteiger partial charge in [0.05, 0.1) is 6.42 Å². The highest BCUT2D eigenvalue weighted by atomic mass is 19.1. The van der Waals surface area contributed by atoms with Crippen molar-refractivity contribution in [3.8, 4) is 0 Å². The lowest BCUT2D eigenvalue weighted by atomic mass is 10.1. The van der Waals surface area contributed by atoms with E-state index in [0.29, 0.717) is 5.56 Å². The number of amides is 1. The number of carboxylic acids is 2. The van der Waals surface area contributed by atoms with Crippen molar-refractivity contribution < 1.29 is 29.0 Å². The third kappa shape index (κ3) is 4.06. The molecule has 0 heterocycles. The summed E-state index contributed by atoms with van der Waals surface area (Å²) in [6.45, 7) is 1.49. The zero-order valence-corrected chi connectivity index (χ0v) is 10.0. The number of carbonyl (C=O) groups is 3. The Morgan fingerprint density at radius 3 is 2.42 bits per heavy atom. The maximum absolute atomic E-state index is 12.9. The Morgan fingerprint density at radius 1 is 1.32 bits per heavy atom. The van der Waals surface area contributed by atoms with E-state index < -0.39 is 36.1 Å². The molecule has 0 spiro atoms. The van der Waals surface area contributed by atoms with Crippen molar-refractivity contribution in [3.63, 3.8) is 0 Å². The van der Waals surface area contributed by atoms with E-state index in [2.05, 4.69) is 5.32 Å². The summed E-state index contributed by atoms with van der Waals surface area (Å²) in [7, 11) is 0. The van der Waals surface area contributed by atoms with E-state index in [1.165, 1.54) is 13.0 Å². The number of aliphatic carboxylic acids is 2. The molecule has 0 fully saturated rings. The molecule has 6 nitrogen and oxygen atoms in total. The van der Waals surface area contributed by atoms with Crippen LogP contribution in [0, 0.1) is 12.7 Å². The first-order valence-electron chi connectivity index (χ1n) is 5.33. The number of hydrogen-bond acceptors (Lipinski definition) is 3. The predicted molar refractivity (Wildman–Crippen MR) is 62.3 cm³/mol. The van der Waals surface area contributed by atoms with Crippen LogP contribution in [0.3, 0.4) is 0 Å². The minimum Gasteiger partial charge on any atom is -0.481 e. The van der Waals surface area contributed by atoms with Crippen LogP contribution in [0.1, 0.15) is 22.3 Å². The Hall–Kier alpha value is -2.44. The Morgan fingerprint density at radius 2 is 1.95 bits per heavy atom. The number of hydrogen-bond donors (Lipinski definition) is 3. The second-order valence-electron chi connectivity index (χ2n) is 3.92. The van der Waals surface area contributed by atoms with Gasteiger partial charge in [-0.3, -0.25) is 9.59 Å². The largest absolute Gasteiger partial charge is 0.481 e. The van der Waals surface area contributed by atoms with Crippen LogP contribution in [0.2, 0.25) is 0 Å². The van der Waals surface area contributed by atoms with Crippen LogP contribution in [0.15, 0.2) is 18.2 Å². The normalized spacial score (nSPS) is 11.7. The highest BCUT2D eigenvalue weighted by Crippen LogP contribution is 2.10. The molecule has 19 heavy (non-hydrogen) atoms. The maximum Gasteiger partial charge on any atom is 0.326 e. The fourth-order valence-electron chi connectivity index (χ4n) is 1.49. The van der Waals surface area contributed by atoms with Crippen molar-refractivity contribution in [2.45, 2.75) is 19.4 Å². The molecule has 1 amide bonds. The number of carbonyl (C=O) groups excluding carboxylic acids is 1. The van der Waals surface area contributed by atoms with E-state index in [1.54, 1.807) is 0 Å². The van der Waals surface area contributed by atoms with Gasteiger partial charge >= 0.3 is 11.9 Å². The smallest absolute Gasteiger partial charge is 0.326 e. The van der Waals surface area contributed by atoms with Crippen molar-refractivity contribution >= 4 is 17.8 Å². The molecule has 0 aliphatic rings. The van der Waals surface area contributed by atoms with Crippen molar-refractivity contribution in [1.82, 2.24) is 5.32 Å². The van der Waals surface area contributed by atoms with Gasteiger partial charge in [0, 0.05) is 5.56 Å². The van der Waals surface area contributed by atoms with Crippen LogP contribution >= 0.6 is 0 Å². The molecule has 0 radical (unpaired) electrons. The number of benzene rings is 1. The summed E-state index contributed by atoms with van der Waals surface area (Å²) in [5, 5.41) is 19.4. The van der Waals surface area contributed by atoms with Crippen LogP contribution in [0.5, 0.6) is 0 Å². The summed E-state index contributed by atoms with van der Waals surface area (Å²) in [6.07, 6.45) is -0.735. The lowest BCUT2D eigenvalue weighted by molar-refractivity contribution is -0.145. The maximum atomic E-state index is 12.9. The number of halogens is 1. The predicted octanol–water partition coefficient (Wildman–Crippen LogP) is 0.792.